The Morgan fingerprint density at radius 1 is 1.27 bits per heavy atom. The molecule has 0 aliphatic rings. The molecule has 0 unspecified atom stereocenters. The normalized spacial score (nSPS) is 10.3. The molecule has 1 aromatic rings. The number of benzene rings is 1. The van der Waals surface area contributed by atoms with E-state index in [1.807, 2.05) is 24.3 Å². The smallest absolute Gasteiger partial charge is 0.137 e. The van der Waals surface area contributed by atoms with Crippen LogP contribution in [-0.2, 0) is 4.74 Å². The third-order valence-corrected chi connectivity index (χ3v) is 2.41. The zero-order valence-corrected chi connectivity index (χ0v) is 10.5. The molecule has 15 heavy (non-hydrogen) atoms. The first-order chi connectivity index (χ1) is 7.33. The highest BCUT2D eigenvalue weighted by Crippen LogP contribution is 2.17. The van der Waals surface area contributed by atoms with Crippen molar-refractivity contribution in [2.45, 2.75) is 0 Å². The lowest BCUT2D eigenvalue weighted by atomic mass is 10.3. The van der Waals surface area contributed by atoms with Gasteiger partial charge in [-0.25, -0.2) is 0 Å². The molecule has 4 heteroatoms. The molecular formula is C11H17BrNO2+. The van der Waals surface area contributed by atoms with E-state index < -0.39 is 0 Å². The molecule has 0 atom stereocenters. The molecule has 0 aliphatic heterocycles. The van der Waals surface area contributed by atoms with Gasteiger partial charge in [-0.1, -0.05) is 22.0 Å². The number of hydrogen-bond acceptors (Lipinski definition) is 2. The molecule has 0 heterocycles. The Kier molecular flexibility index (Phi) is 6.39. The Bertz CT molecular complexity index is 281. The van der Waals surface area contributed by atoms with Gasteiger partial charge in [-0.15, -0.1) is 0 Å². The highest BCUT2D eigenvalue weighted by atomic mass is 79.9. The van der Waals surface area contributed by atoms with Crippen molar-refractivity contribution in [3.63, 3.8) is 0 Å². The molecule has 0 spiro atoms. The van der Waals surface area contributed by atoms with Gasteiger partial charge < -0.3 is 14.8 Å². The molecule has 0 aliphatic carbocycles. The van der Waals surface area contributed by atoms with E-state index in [2.05, 4.69) is 21.2 Å². The minimum absolute atomic E-state index is 0.722. The maximum absolute atomic E-state index is 5.56. The van der Waals surface area contributed by atoms with Gasteiger partial charge in [-0.05, 0) is 18.2 Å². The van der Waals surface area contributed by atoms with Crippen molar-refractivity contribution in [2.75, 3.05) is 33.4 Å². The third-order valence-electron chi connectivity index (χ3n) is 1.91. The quantitative estimate of drug-likeness (QED) is 0.755. The maximum Gasteiger partial charge on any atom is 0.137 e. The monoisotopic (exact) mass is 274 g/mol. The van der Waals surface area contributed by atoms with E-state index in [-0.39, 0.29) is 0 Å². The number of quaternary nitrogens is 1. The second kappa shape index (κ2) is 7.68. The van der Waals surface area contributed by atoms with Crippen LogP contribution in [0.2, 0.25) is 0 Å². The molecule has 3 nitrogen and oxygen atoms in total. The lowest BCUT2D eigenvalue weighted by Gasteiger charge is -2.05. The zero-order valence-electron chi connectivity index (χ0n) is 8.91. The van der Waals surface area contributed by atoms with Crippen LogP contribution in [-0.4, -0.2) is 33.4 Å². The SMILES string of the molecule is COCC[NH2+]CCOc1cccc(Br)c1. The highest BCUT2D eigenvalue weighted by molar-refractivity contribution is 9.10. The lowest BCUT2D eigenvalue weighted by molar-refractivity contribution is -0.656. The van der Waals surface area contributed by atoms with Crippen LogP contribution in [0.3, 0.4) is 0 Å². The molecule has 1 rings (SSSR count). The average Bonchev–Trinajstić information content (AvgIpc) is 2.23. The van der Waals surface area contributed by atoms with E-state index in [1.54, 1.807) is 7.11 Å². The Labute approximate surface area is 98.9 Å². The van der Waals surface area contributed by atoms with Gasteiger partial charge in [0, 0.05) is 11.6 Å². The number of ether oxygens (including phenoxy) is 2. The van der Waals surface area contributed by atoms with Crippen LogP contribution in [0, 0.1) is 0 Å². The van der Waals surface area contributed by atoms with Crippen molar-refractivity contribution >= 4 is 15.9 Å². The summed E-state index contributed by atoms with van der Waals surface area (Å²) in [5.74, 6) is 0.907. The largest absolute Gasteiger partial charge is 0.488 e. The predicted octanol–water partition coefficient (Wildman–Crippen LogP) is 1.04. The van der Waals surface area contributed by atoms with Crippen LogP contribution in [0.4, 0.5) is 0 Å². The van der Waals surface area contributed by atoms with Gasteiger partial charge >= 0.3 is 0 Å². The molecule has 0 radical (unpaired) electrons. The average molecular weight is 275 g/mol. The van der Waals surface area contributed by atoms with E-state index in [1.165, 1.54) is 0 Å². The molecule has 0 bridgehead atoms. The molecule has 0 saturated carbocycles. The van der Waals surface area contributed by atoms with Gasteiger partial charge in [0.15, 0.2) is 0 Å². The van der Waals surface area contributed by atoms with E-state index in [9.17, 15) is 0 Å². The summed E-state index contributed by atoms with van der Waals surface area (Å²) < 4.78 is 11.6. The predicted molar refractivity (Wildman–Crippen MR) is 63.2 cm³/mol. The topological polar surface area (TPSA) is 35.1 Å². The highest BCUT2D eigenvalue weighted by Gasteiger charge is 1.95. The van der Waals surface area contributed by atoms with Gasteiger partial charge in [0.2, 0.25) is 0 Å². The van der Waals surface area contributed by atoms with Crippen LogP contribution in [0.25, 0.3) is 0 Å². The third kappa shape index (κ3) is 5.77. The summed E-state index contributed by atoms with van der Waals surface area (Å²) in [6.07, 6.45) is 0. The number of methoxy groups -OCH3 is 1. The summed E-state index contributed by atoms with van der Waals surface area (Å²) >= 11 is 3.40. The maximum atomic E-state index is 5.56. The summed E-state index contributed by atoms with van der Waals surface area (Å²) in [6.45, 7) is 3.45. The number of halogens is 1. The molecule has 84 valence electrons. The van der Waals surface area contributed by atoms with E-state index in [0.29, 0.717) is 0 Å². The molecule has 2 N–H and O–H groups in total. The summed E-state index contributed by atoms with van der Waals surface area (Å²) in [4.78, 5) is 0. The van der Waals surface area contributed by atoms with Crippen molar-refractivity contribution < 1.29 is 14.8 Å². The van der Waals surface area contributed by atoms with Crippen molar-refractivity contribution in [2.24, 2.45) is 0 Å². The second-order valence-electron chi connectivity index (χ2n) is 3.16. The molecule has 0 saturated heterocycles. The van der Waals surface area contributed by atoms with Crippen LogP contribution in [0.1, 0.15) is 0 Å². The van der Waals surface area contributed by atoms with Crippen LogP contribution in [0.5, 0.6) is 5.75 Å². The summed E-state index contributed by atoms with van der Waals surface area (Å²) in [5.41, 5.74) is 0. The van der Waals surface area contributed by atoms with Gasteiger partial charge in [-0.3, -0.25) is 0 Å². The molecular weight excluding hydrogens is 258 g/mol. The Morgan fingerprint density at radius 2 is 2.07 bits per heavy atom. The fraction of sp³-hybridized carbons (Fsp3) is 0.455. The minimum Gasteiger partial charge on any atom is -0.488 e. The zero-order chi connectivity index (χ0) is 10.9. The van der Waals surface area contributed by atoms with Crippen molar-refractivity contribution in [1.82, 2.24) is 0 Å². The molecule has 0 amide bonds. The first-order valence-electron chi connectivity index (χ1n) is 5.02. The Hall–Kier alpha value is -0.580. The Morgan fingerprint density at radius 3 is 2.80 bits per heavy atom. The fourth-order valence-corrected chi connectivity index (χ4v) is 1.54. The minimum atomic E-state index is 0.722. The van der Waals surface area contributed by atoms with Gasteiger partial charge in [0.25, 0.3) is 0 Å². The standard InChI is InChI=1S/C11H16BrNO2/c1-14-7-5-13-6-8-15-11-4-2-3-10(12)9-11/h2-4,9,13H,5-8H2,1H3/p+1. The second-order valence-corrected chi connectivity index (χ2v) is 4.08. The van der Waals surface area contributed by atoms with E-state index in [0.717, 1.165) is 36.5 Å². The summed E-state index contributed by atoms with van der Waals surface area (Å²) in [5, 5.41) is 2.18. The summed E-state index contributed by atoms with van der Waals surface area (Å²) in [6, 6.07) is 7.88. The van der Waals surface area contributed by atoms with Crippen molar-refractivity contribution in [1.29, 1.82) is 0 Å². The molecule has 0 fully saturated rings. The van der Waals surface area contributed by atoms with Gasteiger partial charge in [0.05, 0.1) is 13.2 Å². The van der Waals surface area contributed by atoms with Gasteiger partial charge in [-0.2, -0.15) is 0 Å². The molecule has 1 aromatic carbocycles. The van der Waals surface area contributed by atoms with Crippen LogP contribution < -0.4 is 10.1 Å². The summed E-state index contributed by atoms with van der Waals surface area (Å²) in [7, 11) is 1.71. The first-order valence-corrected chi connectivity index (χ1v) is 5.81. The van der Waals surface area contributed by atoms with E-state index >= 15 is 0 Å². The van der Waals surface area contributed by atoms with Gasteiger partial charge in [0.1, 0.15) is 18.9 Å². The number of hydrogen-bond donors (Lipinski definition) is 1. The number of rotatable bonds is 7. The van der Waals surface area contributed by atoms with Crippen LogP contribution >= 0.6 is 15.9 Å². The Balaban J connectivity index is 2.10. The first kappa shape index (κ1) is 12.5. The van der Waals surface area contributed by atoms with Crippen LogP contribution in [0.15, 0.2) is 28.7 Å². The molecule has 0 aromatic heterocycles. The number of nitrogens with two attached hydrogens (primary N) is 1. The van der Waals surface area contributed by atoms with E-state index in [4.69, 9.17) is 9.47 Å². The van der Waals surface area contributed by atoms with Crippen molar-refractivity contribution in [3.8, 4) is 5.75 Å². The van der Waals surface area contributed by atoms with Crippen molar-refractivity contribution in [3.05, 3.63) is 28.7 Å². The lowest BCUT2D eigenvalue weighted by Crippen LogP contribution is -2.86. The fourth-order valence-electron chi connectivity index (χ4n) is 1.16.